The van der Waals surface area contributed by atoms with Gasteiger partial charge in [0.15, 0.2) is 0 Å². The molecule has 0 bridgehead atoms. The first-order valence-electron chi connectivity index (χ1n) is 5.77. The fraction of sp³-hybridized carbons (Fsp3) is 0.462. The van der Waals surface area contributed by atoms with Crippen LogP contribution >= 0.6 is 0 Å². The van der Waals surface area contributed by atoms with Crippen LogP contribution in [0.5, 0.6) is 0 Å². The summed E-state index contributed by atoms with van der Waals surface area (Å²) in [6.07, 6.45) is 1.20. The molecule has 3 nitrogen and oxygen atoms in total. The van der Waals surface area contributed by atoms with E-state index in [0.717, 1.165) is 17.5 Å². The van der Waals surface area contributed by atoms with Crippen LogP contribution < -0.4 is 0 Å². The number of rotatable bonds is 2. The average molecular weight is 219 g/mol. The van der Waals surface area contributed by atoms with Gasteiger partial charge in [-0.25, -0.2) is 0 Å². The average Bonchev–Trinajstić information content (AvgIpc) is 2.75. The van der Waals surface area contributed by atoms with Gasteiger partial charge in [0, 0.05) is 18.7 Å². The van der Waals surface area contributed by atoms with Crippen LogP contribution in [0.4, 0.5) is 0 Å². The smallest absolute Gasteiger partial charge is 0.254 e. The number of hydrogen-bond acceptors (Lipinski definition) is 2. The van der Waals surface area contributed by atoms with E-state index in [1.165, 1.54) is 0 Å². The highest BCUT2D eigenvalue weighted by Crippen LogP contribution is 2.16. The normalized spacial score (nSPS) is 20.1. The number of hydrogen-bond donors (Lipinski definition) is 1. The molecule has 0 spiro atoms. The third-order valence-corrected chi connectivity index (χ3v) is 3.08. The van der Waals surface area contributed by atoms with Crippen LogP contribution in [0.25, 0.3) is 0 Å². The fourth-order valence-corrected chi connectivity index (χ4v) is 2.13. The maximum absolute atomic E-state index is 12.2. The Hall–Kier alpha value is -1.35. The topological polar surface area (TPSA) is 40.5 Å². The number of benzene rings is 1. The molecule has 1 aliphatic rings. The van der Waals surface area contributed by atoms with Crippen LogP contribution in [-0.2, 0) is 6.42 Å². The summed E-state index contributed by atoms with van der Waals surface area (Å²) in [5.41, 5.74) is 1.85. The van der Waals surface area contributed by atoms with Crippen LogP contribution in [0.1, 0.15) is 29.3 Å². The second-order valence-electron chi connectivity index (χ2n) is 4.20. The van der Waals surface area contributed by atoms with Gasteiger partial charge in [0.25, 0.3) is 5.91 Å². The van der Waals surface area contributed by atoms with Crippen LogP contribution in [0.3, 0.4) is 0 Å². The van der Waals surface area contributed by atoms with Crippen molar-refractivity contribution in [2.75, 3.05) is 13.1 Å². The van der Waals surface area contributed by atoms with Crippen molar-refractivity contribution < 1.29 is 9.90 Å². The lowest BCUT2D eigenvalue weighted by molar-refractivity contribution is 0.0764. The Labute approximate surface area is 95.7 Å². The van der Waals surface area contributed by atoms with Gasteiger partial charge in [-0.3, -0.25) is 4.79 Å². The lowest BCUT2D eigenvalue weighted by atomic mass is 10.0. The number of carbonyl (C=O) groups excluding carboxylic acids is 1. The zero-order valence-corrected chi connectivity index (χ0v) is 9.52. The molecular weight excluding hydrogens is 202 g/mol. The Morgan fingerprint density at radius 2 is 2.25 bits per heavy atom. The van der Waals surface area contributed by atoms with Crippen molar-refractivity contribution in [1.82, 2.24) is 4.90 Å². The summed E-state index contributed by atoms with van der Waals surface area (Å²) in [7, 11) is 0. The molecule has 2 rings (SSSR count). The van der Waals surface area contributed by atoms with E-state index in [4.69, 9.17) is 0 Å². The Morgan fingerprint density at radius 1 is 1.50 bits per heavy atom. The molecule has 16 heavy (non-hydrogen) atoms. The van der Waals surface area contributed by atoms with Crippen LogP contribution in [0.15, 0.2) is 24.3 Å². The predicted octanol–water partition coefficient (Wildman–Crippen LogP) is 1.46. The lowest BCUT2D eigenvalue weighted by Crippen LogP contribution is -2.30. The molecule has 1 fully saturated rings. The van der Waals surface area contributed by atoms with Gasteiger partial charge in [-0.2, -0.15) is 0 Å². The molecule has 0 aromatic heterocycles. The molecule has 0 aliphatic carbocycles. The van der Waals surface area contributed by atoms with Crippen LogP contribution in [0.2, 0.25) is 0 Å². The van der Waals surface area contributed by atoms with Crippen molar-refractivity contribution in [3.63, 3.8) is 0 Å². The van der Waals surface area contributed by atoms with Crippen LogP contribution in [-0.4, -0.2) is 35.1 Å². The van der Waals surface area contributed by atoms with Gasteiger partial charge in [-0.15, -0.1) is 0 Å². The molecule has 0 radical (unpaired) electrons. The molecule has 1 saturated heterocycles. The van der Waals surface area contributed by atoms with E-state index < -0.39 is 0 Å². The Morgan fingerprint density at radius 3 is 2.88 bits per heavy atom. The largest absolute Gasteiger partial charge is 0.391 e. The van der Waals surface area contributed by atoms with E-state index in [0.29, 0.717) is 19.5 Å². The first kappa shape index (κ1) is 11.1. The molecule has 1 aromatic rings. The maximum Gasteiger partial charge on any atom is 0.254 e. The van der Waals surface area contributed by atoms with Crippen molar-refractivity contribution in [1.29, 1.82) is 0 Å². The van der Waals surface area contributed by atoms with Crippen molar-refractivity contribution in [2.24, 2.45) is 0 Å². The standard InChI is InChI=1S/C13H17NO2/c1-2-10-5-3-4-6-12(10)13(16)14-8-7-11(15)9-14/h3-6,11,15H,2,7-9H2,1H3/t11-/m0/s1. The van der Waals surface area contributed by atoms with Gasteiger partial charge in [-0.1, -0.05) is 25.1 Å². The fourth-order valence-electron chi connectivity index (χ4n) is 2.13. The first-order valence-corrected chi connectivity index (χ1v) is 5.77. The molecule has 3 heteroatoms. The zero-order chi connectivity index (χ0) is 11.5. The molecular formula is C13H17NO2. The first-order chi connectivity index (χ1) is 7.72. The summed E-state index contributed by atoms with van der Waals surface area (Å²) < 4.78 is 0. The number of likely N-dealkylation sites (tertiary alicyclic amines) is 1. The van der Waals surface area contributed by atoms with Gasteiger partial charge in [-0.05, 0) is 24.5 Å². The van der Waals surface area contributed by atoms with Crippen molar-refractivity contribution in [3.05, 3.63) is 35.4 Å². The van der Waals surface area contributed by atoms with Crippen molar-refractivity contribution >= 4 is 5.91 Å². The van der Waals surface area contributed by atoms with E-state index in [1.54, 1.807) is 4.90 Å². The lowest BCUT2D eigenvalue weighted by Gasteiger charge is -2.17. The minimum Gasteiger partial charge on any atom is -0.391 e. The third kappa shape index (κ3) is 2.09. The van der Waals surface area contributed by atoms with Crippen LogP contribution in [0, 0.1) is 0 Å². The molecule has 1 N–H and O–H groups in total. The molecule has 0 saturated carbocycles. The minimum atomic E-state index is -0.349. The monoisotopic (exact) mass is 219 g/mol. The Bertz CT molecular complexity index is 389. The van der Waals surface area contributed by atoms with E-state index in [9.17, 15) is 9.90 Å². The van der Waals surface area contributed by atoms with E-state index in [2.05, 4.69) is 0 Å². The summed E-state index contributed by atoms with van der Waals surface area (Å²) in [6.45, 7) is 3.18. The summed E-state index contributed by atoms with van der Waals surface area (Å²) in [6, 6.07) is 7.69. The maximum atomic E-state index is 12.2. The summed E-state index contributed by atoms with van der Waals surface area (Å²) in [5, 5.41) is 9.43. The number of carbonyl (C=O) groups is 1. The number of nitrogens with zero attached hydrogens (tertiary/aromatic N) is 1. The SMILES string of the molecule is CCc1ccccc1C(=O)N1CC[C@H](O)C1. The number of aliphatic hydroxyl groups excluding tert-OH is 1. The van der Waals surface area contributed by atoms with E-state index in [-0.39, 0.29) is 12.0 Å². The Balaban J connectivity index is 2.20. The molecule has 1 aliphatic heterocycles. The number of amides is 1. The minimum absolute atomic E-state index is 0.0500. The molecule has 1 atom stereocenters. The van der Waals surface area contributed by atoms with Gasteiger partial charge in [0.05, 0.1) is 6.10 Å². The number of β-amino-alcohol motifs (C(OH)–C–C–N with tert-alkyl or cyclic N) is 1. The molecule has 86 valence electrons. The highest BCUT2D eigenvalue weighted by molar-refractivity contribution is 5.95. The molecule has 1 aromatic carbocycles. The molecule has 1 heterocycles. The van der Waals surface area contributed by atoms with Crippen molar-refractivity contribution in [2.45, 2.75) is 25.9 Å². The van der Waals surface area contributed by atoms with Gasteiger partial charge >= 0.3 is 0 Å². The van der Waals surface area contributed by atoms with Gasteiger partial charge < -0.3 is 10.0 Å². The molecule has 0 unspecified atom stereocenters. The quantitative estimate of drug-likeness (QED) is 0.818. The second kappa shape index (κ2) is 4.66. The zero-order valence-electron chi connectivity index (χ0n) is 9.52. The van der Waals surface area contributed by atoms with Gasteiger partial charge in [0.2, 0.25) is 0 Å². The summed E-state index contributed by atoms with van der Waals surface area (Å²) >= 11 is 0. The second-order valence-corrected chi connectivity index (χ2v) is 4.20. The highest BCUT2D eigenvalue weighted by atomic mass is 16.3. The van der Waals surface area contributed by atoms with Crippen molar-refractivity contribution in [3.8, 4) is 0 Å². The highest BCUT2D eigenvalue weighted by Gasteiger charge is 2.26. The predicted molar refractivity (Wildman–Crippen MR) is 62.3 cm³/mol. The van der Waals surface area contributed by atoms with Gasteiger partial charge in [0.1, 0.15) is 0 Å². The summed E-state index contributed by atoms with van der Waals surface area (Å²) in [5.74, 6) is 0.0500. The van der Waals surface area contributed by atoms with E-state index >= 15 is 0 Å². The molecule has 1 amide bonds. The van der Waals surface area contributed by atoms with E-state index in [1.807, 2.05) is 31.2 Å². The summed E-state index contributed by atoms with van der Waals surface area (Å²) in [4.78, 5) is 13.9. The third-order valence-electron chi connectivity index (χ3n) is 3.08. The number of aryl methyl sites for hydroxylation is 1. The Kier molecular flexibility index (Phi) is 3.25. The number of aliphatic hydroxyl groups is 1.